The molecule has 5 heteroatoms. The molecule has 1 N–H and O–H groups in total. The molecule has 1 heterocycles. The molecule has 0 saturated heterocycles. The van der Waals surface area contributed by atoms with E-state index in [1.807, 2.05) is 6.07 Å². The minimum absolute atomic E-state index is 0.0914. The maximum Gasteiger partial charge on any atom is 0.346 e. The van der Waals surface area contributed by atoms with Crippen LogP contribution in [0.15, 0.2) is 35.1 Å². The third-order valence-electron chi connectivity index (χ3n) is 2.01. The molecule has 1 aromatic carbocycles. The van der Waals surface area contributed by atoms with Gasteiger partial charge >= 0.3 is 5.69 Å². The average Bonchev–Trinajstić information content (AvgIpc) is 2.29. The van der Waals surface area contributed by atoms with Gasteiger partial charge in [-0.05, 0) is 23.8 Å². The zero-order chi connectivity index (χ0) is 11.5. The van der Waals surface area contributed by atoms with Gasteiger partial charge in [-0.1, -0.05) is 23.7 Å². The van der Waals surface area contributed by atoms with E-state index in [0.29, 0.717) is 10.7 Å². The second-order valence-corrected chi connectivity index (χ2v) is 3.54. The van der Waals surface area contributed by atoms with Crippen LogP contribution in [0.5, 0.6) is 0 Å². The fraction of sp³-hybridized carbons (Fsp3) is 0. The molecule has 0 bridgehead atoms. The first-order valence-electron chi connectivity index (χ1n) is 4.46. The van der Waals surface area contributed by atoms with E-state index in [1.54, 1.807) is 24.3 Å². The Morgan fingerprint density at radius 3 is 2.62 bits per heavy atom. The van der Waals surface area contributed by atoms with Crippen molar-refractivity contribution in [2.45, 2.75) is 0 Å². The van der Waals surface area contributed by atoms with E-state index in [0.717, 1.165) is 5.56 Å². The fourth-order valence-corrected chi connectivity index (χ4v) is 1.43. The zero-order valence-electron chi connectivity index (χ0n) is 8.07. The first-order chi connectivity index (χ1) is 7.69. The maximum atomic E-state index is 11.2. The Morgan fingerprint density at radius 1 is 1.31 bits per heavy atom. The molecule has 0 amide bonds. The van der Waals surface area contributed by atoms with E-state index >= 15 is 0 Å². The Morgan fingerprint density at radius 2 is 2.00 bits per heavy atom. The second kappa shape index (κ2) is 4.17. The first kappa shape index (κ1) is 10.4. The highest BCUT2D eigenvalue weighted by molar-refractivity contribution is 6.30. The molecular formula is C11H6ClN3O. The van der Waals surface area contributed by atoms with Crippen molar-refractivity contribution in [1.82, 2.24) is 9.97 Å². The number of benzene rings is 1. The molecule has 0 aliphatic rings. The summed E-state index contributed by atoms with van der Waals surface area (Å²) in [5.41, 5.74) is 0.881. The lowest BCUT2D eigenvalue weighted by molar-refractivity contribution is 1.06. The number of nitriles is 1. The van der Waals surface area contributed by atoms with E-state index in [4.69, 9.17) is 16.9 Å². The normalized spacial score (nSPS) is 9.75. The van der Waals surface area contributed by atoms with Crippen molar-refractivity contribution in [1.29, 1.82) is 5.26 Å². The number of hydrogen-bond donors (Lipinski definition) is 1. The van der Waals surface area contributed by atoms with Gasteiger partial charge in [0.1, 0.15) is 11.8 Å². The number of nitrogens with one attached hydrogen (secondary N) is 1. The first-order valence-corrected chi connectivity index (χ1v) is 4.84. The summed E-state index contributed by atoms with van der Waals surface area (Å²) in [6.07, 6.45) is 0. The van der Waals surface area contributed by atoms with Crippen LogP contribution in [0, 0.1) is 11.3 Å². The van der Waals surface area contributed by atoms with Crippen molar-refractivity contribution < 1.29 is 0 Å². The fourth-order valence-electron chi connectivity index (χ4n) is 1.30. The van der Waals surface area contributed by atoms with Gasteiger partial charge < -0.3 is 4.98 Å². The standard InChI is InChI=1S/C11H6ClN3O/c12-8-3-1-7(2-4-8)10-5-9(6-13)14-11(16)15-10/h1-5H,(H,14,15,16). The van der Waals surface area contributed by atoms with E-state index < -0.39 is 5.69 Å². The van der Waals surface area contributed by atoms with Crippen LogP contribution in [-0.4, -0.2) is 9.97 Å². The lowest BCUT2D eigenvalue weighted by Gasteiger charge is -2.01. The highest BCUT2D eigenvalue weighted by Gasteiger charge is 2.02. The molecule has 0 radical (unpaired) electrons. The van der Waals surface area contributed by atoms with E-state index in [1.165, 1.54) is 6.07 Å². The number of aromatic amines is 1. The number of rotatable bonds is 1. The third kappa shape index (κ3) is 2.10. The molecule has 0 unspecified atom stereocenters. The van der Waals surface area contributed by atoms with Crippen molar-refractivity contribution in [2.24, 2.45) is 0 Å². The molecule has 0 fully saturated rings. The van der Waals surface area contributed by atoms with Crippen molar-refractivity contribution >= 4 is 11.6 Å². The molecule has 0 aliphatic carbocycles. The van der Waals surface area contributed by atoms with Gasteiger partial charge in [0.15, 0.2) is 0 Å². The van der Waals surface area contributed by atoms with Gasteiger partial charge in [0.05, 0.1) is 5.69 Å². The van der Waals surface area contributed by atoms with Crippen LogP contribution in [0.3, 0.4) is 0 Å². The van der Waals surface area contributed by atoms with Crippen molar-refractivity contribution in [2.75, 3.05) is 0 Å². The van der Waals surface area contributed by atoms with Crippen LogP contribution in [-0.2, 0) is 0 Å². The summed E-state index contributed by atoms with van der Waals surface area (Å²) in [6, 6.07) is 10.3. The number of H-pyrrole nitrogens is 1. The Kier molecular flexibility index (Phi) is 2.71. The number of aromatic nitrogens is 2. The molecule has 0 saturated carbocycles. The van der Waals surface area contributed by atoms with Crippen molar-refractivity contribution in [3.63, 3.8) is 0 Å². The number of hydrogen-bond acceptors (Lipinski definition) is 3. The summed E-state index contributed by atoms with van der Waals surface area (Å²) in [4.78, 5) is 17.2. The molecular weight excluding hydrogens is 226 g/mol. The van der Waals surface area contributed by atoms with Gasteiger partial charge in [-0.2, -0.15) is 10.2 Å². The quantitative estimate of drug-likeness (QED) is 0.816. The van der Waals surface area contributed by atoms with Crippen LogP contribution in [0.1, 0.15) is 5.69 Å². The van der Waals surface area contributed by atoms with Crippen LogP contribution >= 0.6 is 11.6 Å². The monoisotopic (exact) mass is 231 g/mol. The summed E-state index contributed by atoms with van der Waals surface area (Å²) in [7, 11) is 0. The summed E-state index contributed by atoms with van der Waals surface area (Å²) < 4.78 is 0. The van der Waals surface area contributed by atoms with Gasteiger partial charge in [-0.3, -0.25) is 0 Å². The number of halogens is 1. The van der Waals surface area contributed by atoms with Gasteiger partial charge in [-0.25, -0.2) is 4.79 Å². The van der Waals surface area contributed by atoms with Crippen molar-refractivity contribution in [3.8, 4) is 17.3 Å². The molecule has 16 heavy (non-hydrogen) atoms. The second-order valence-electron chi connectivity index (χ2n) is 3.10. The predicted molar refractivity (Wildman–Crippen MR) is 60.0 cm³/mol. The lowest BCUT2D eigenvalue weighted by atomic mass is 10.1. The van der Waals surface area contributed by atoms with E-state index in [9.17, 15) is 4.79 Å². The Hall–Kier alpha value is -2.12. The molecule has 0 spiro atoms. The zero-order valence-corrected chi connectivity index (χ0v) is 8.82. The van der Waals surface area contributed by atoms with E-state index in [-0.39, 0.29) is 5.69 Å². The predicted octanol–water partition coefficient (Wildman–Crippen LogP) is 1.96. The smallest absolute Gasteiger partial charge is 0.305 e. The summed E-state index contributed by atoms with van der Waals surface area (Å²) >= 11 is 5.75. The summed E-state index contributed by atoms with van der Waals surface area (Å²) in [5, 5.41) is 9.30. The largest absolute Gasteiger partial charge is 0.346 e. The Bertz CT molecular complexity index is 610. The van der Waals surface area contributed by atoms with Crippen LogP contribution in [0.25, 0.3) is 11.3 Å². The SMILES string of the molecule is N#Cc1cc(-c2ccc(Cl)cc2)[nH]c(=O)n1. The molecule has 4 nitrogen and oxygen atoms in total. The van der Waals surface area contributed by atoms with Gasteiger partial charge in [0.2, 0.25) is 0 Å². The summed E-state index contributed by atoms with van der Waals surface area (Å²) in [5.74, 6) is 0. The third-order valence-corrected chi connectivity index (χ3v) is 2.27. The Balaban J connectivity index is 2.56. The molecule has 78 valence electrons. The highest BCUT2D eigenvalue weighted by Crippen LogP contribution is 2.18. The Labute approximate surface area is 96.2 Å². The minimum Gasteiger partial charge on any atom is -0.305 e. The number of nitrogens with zero attached hydrogens (tertiary/aromatic N) is 2. The van der Waals surface area contributed by atoms with Crippen LogP contribution in [0.2, 0.25) is 5.02 Å². The molecule has 2 aromatic rings. The molecule has 0 atom stereocenters. The molecule has 0 aliphatic heterocycles. The molecule has 1 aromatic heterocycles. The van der Waals surface area contributed by atoms with E-state index in [2.05, 4.69) is 9.97 Å². The molecule has 2 rings (SSSR count). The topological polar surface area (TPSA) is 69.5 Å². The van der Waals surface area contributed by atoms with Crippen molar-refractivity contribution in [3.05, 3.63) is 51.5 Å². The minimum atomic E-state index is -0.538. The van der Waals surface area contributed by atoms with Gasteiger partial charge in [-0.15, -0.1) is 0 Å². The summed E-state index contributed by atoms with van der Waals surface area (Å²) in [6.45, 7) is 0. The highest BCUT2D eigenvalue weighted by atomic mass is 35.5. The maximum absolute atomic E-state index is 11.2. The lowest BCUT2D eigenvalue weighted by Crippen LogP contribution is -2.12. The van der Waals surface area contributed by atoms with Crippen LogP contribution in [0.4, 0.5) is 0 Å². The van der Waals surface area contributed by atoms with Gasteiger partial charge in [0, 0.05) is 5.02 Å². The van der Waals surface area contributed by atoms with Crippen LogP contribution < -0.4 is 5.69 Å². The van der Waals surface area contributed by atoms with Gasteiger partial charge in [0.25, 0.3) is 0 Å². The average molecular weight is 232 g/mol.